The molecule has 0 amide bonds. The van der Waals surface area contributed by atoms with Crippen molar-refractivity contribution in [3.63, 3.8) is 0 Å². The lowest BCUT2D eigenvalue weighted by molar-refractivity contribution is 0.390. The van der Waals surface area contributed by atoms with Gasteiger partial charge in [0.15, 0.2) is 5.76 Å². The Hall–Kier alpha value is -2.21. The first-order valence-corrected chi connectivity index (χ1v) is 7.07. The summed E-state index contributed by atoms with van der Waals surface area (Å²) in [6, 6.07) is 9.53. The molecule has 0 aliphatic rings. The summed E-state index contributed by atoms with van der Waals surface area (Å²) in [6.07, 6.45) is 1.58. The van der Waals surface area contributed by atoms with Gasteiger partial charge >= 0.3 is 0 Å². The molecule has 2 N–H and O–H groups in total. The van der Waals surface area contributed by atoms with E-state index >= 15 is 0 Å². The van der Waals surface area contributed by atoms with Gasteiger partial charge in [-0.1, -0.05) is 17.3 Å². The van der Waals surface area contributed by atoms with Crippen molar-refractivity contribution < 1.29 is 8.94 Å². The summed E-state index contributed by atoms with van der Waals surface area (Å²) in [5.74, 6) is 2.17. The molecule has 0 spiro atoms. The van der Waals surface area contributed by atoms with E-state index in [9.17, 15) is 0 Å². The largest absolute Gasteiger partial charge is 0.461 e. The number of furan rings is 1. The predicted molar refractivity (Wildman–Crippen MR) is 77.2 cm³/mol. The summed E-state index contributed by atoms with van der Waals surface area (Å²) < 4.78 is 10.4. The van der Waals surface area contributed by atoms with Crippen LogP contribution in [-0.4, -0.2) is 10.1 Å². The highest BCUT2D eigenvalue weighted by Gasteiger charge is 2.11. The monoisotopic (exact) mass is 287 g/mol. The molecule has 0 atom stereocenters. The minimum Gasteiger partial charge on any atom is -0.461 e. The molecular weight excluding hydrogens is 274 g/mol. The third kappa shape index (κ3) is 2.55. The fourth-order valence-corrected chi connectivity index (χ4v) is 2.63. The maximum absolute atomic E-state index is 6.03. The lowest BCUT2D eigenvalue weighted by atomic mass is 10.2. The molecule has 5 nitrogen and oxygen atoms in total. The molecule has 1 aromatic carbocycles. The summed E-state index contributed by atoms with van der Waals surface area (Å²) in [6.45, 7) is 1.99. The lowest BCUT2D eigenvalue weighted by Crippen LogP contribution is -1.92. The summed E-state index contributed by atoms with van der Waals surface area (Å²) in [4.78, 5) is 5.30. The molecule has 3 aromatic rings. The third-order valence-corrected chi connectivity index (χ3v) is 3.90. The number of para-hydroxylation sites is 1. The van der Waals surface area contributed by atoms with E-state index in [1.165, 1.54) is 0 Å². The average Bonchev–Trinajstić information content (AvgIpc) is 3.10. The number of hydrogen-bond acceptors (Lipinski definition) is 6. The number of aromatic nitrogens is 2. The number of nitrogens with zero attached hydrogens (tertiary/aromatic N) is 2. The van der Waals surface area contributed by atoms with Crippen LogP contribution in [0.3, 0.4) is 0 Å². The van der Waals surface area contributed by atoms with E-state index in [0.29, 0.717) is 23.2 Å². The fraction of sp³-hybridized carbons (Fsp3) is 0.143. The SMILES string of the molecule is Cc1cccc(SCc2nc(-c3ccco3)no2)c1N. The van der Waals surface area contributed by atoms with Crippen LogP contribution >= 0.6 is 11.8 Å². The Balaban J connectivity index is 1.71. The standard InChI is InChI=1S/C14H13N3O2S/c1-9-4-2-6-11(13(9)15)20-8-12-16-14(17-19-12)10-5-3-7-18-10/h2-7H,8,15H2,1H3. The molecule has 2 aromatic heterocycles. The molecule has 0 aliphatic carbocycles. The van der Waals surface area contributed by atoms with Crippen LogP contribution in [0.15, 0.2) is 50.4 Å². The van der Waals surface area contributed by atoms with Crippen LogP contribution in [0.25, 0.3) is 11.6 Å². The van der Waals surface area contributed by atoms with E-state index in [2.05, 4.69) is 10.1 Å². The molecule has 0 radical (unpaired) electrons. The molecular formula is C14H13N3O2S. The molecule has 20 heavy (non-hydrogen) atoms. The molecule has 6 heteroatoms. The molecule has 0 aliphatic heterocycles. The Morgan fingerprint density at radius 1 is 1.25 bits per heavy atom. The molecule has 0 bridgehead atoms. The normalized spacial score (nSPS) is 10.8. The van der Waals surface area contributed by atoms with E-state index in [0.717, 1.165) is 16.1 Å². The first-order valence-electron chi connectivity index (χ1n) is 6.08. The van der Waals surface area contributed by atoms with E-state index < -0.39 is 0 Å². The highest BCUT2D eigenvalue weighted by Crippen LogP contribution is 2.30. The van der Waals surface area contributed by atoms with Crippen molar-refractivity contribution in [3.05, 3.63) is 48.0 Å². The van der Waals surface area contributed by atoms with Crippen LogP contribution in [-0.2, 0) is 5.75 Å². The first-order chi connectivity index (χ1) is 9.74. The first kappa shape index (κ1) is 12.8. The van der Waals surface area contributed by atoms with E-state index in [4.69, 9.17) is 14.7 Å². The van der Waals surface area contributed by atoms with E-state index in [1.54, 1.807) is 30.2 Å². The number of nitrogens with two attached hydrogens (primary N) is 1. The molecule has 0 saturated heterocycles. The van der Waals surface area contributed by atoms with E-state index in [-0.39, 0.29) is 0 Å². The zero-order valence-corrected chi connectivity index (χ0v) is 11.7. The maximum Gasteiger partial charge on any atom is 0.238 e. The second-order valence-electron chi connectivity index (χ2n) is 4.26. The predicted octanol–water partition coefficient (Wildman–Crippen LogP) is 3.51. The number of anilines is 1. The minimum absolute atomic E-state index is 0.461. The van der Waals surface area contributed by atoms with Gasteiger partial charge in [0.1, 0.15) is 0 Å². The van der Waals surface area contributed by atoms with Crippen molar-refractivity contribution in [2.75, 3.05) is 5.73 Å². The van der Waals surface area contributed by atoms with Gasteiger partial charge in [-0.25, -0.2) is 0 Å². The van der Waals surface area contributed by atoms with Crippen molar-refractivity contribution >= 4 is 17.4 Å². The van der Waals surface area contributed by atoms with Gasteiger partial charge in [0.05, 0.1) is 12.0 Å². The van der Waals surface area contributed by atoms with Crippen molar-refractivity contribution in [3.8, 4) is 11.6 Å². The molecule has 102 valence electrons. The smallest absolute Gasteiger partial charge is 0.238 e. The summed E-state index contributed by atoms with van der Waals surface area (Å²) in [7, 11) is 0. The Bertz CT molecular complexity index is 707. The number of aryl methyl sites for hydroxylation is 1. The second-order valence-corrected chi connectivity index (χ2v) is 5.28. The Kier molecular flexibility index (Phi) is 3.47. The van der Waals surface area contributed by atoms with Gasteiger partial charge in [-0.15, -0.1) is 11.8 Å². The fourth-order valence-electron chi connectivity index (χ4n) is 1.74. The van der Waals surface area contributed by atoms with Crippen molar-refractivity contribution in [2.24, 2.45) is 0 Å². The van der Waals surface area contributed by atoms with Gasteiger partial charge in [-0.05, 0) is 30.7 Å². The van der Waals surface area contributed by atoms with Crippen LogP contribution in [0, 0.1) is 6.92 Å². The third-order valence-electron chi connectivity index (χ3n) is 2.84. The molecule has 2 heterocycles. The zero-order chi connectivity index (χ0) is 13.9. The number of benzene rings is 1. The van der Waals surface area contributed by atoms with Gasteiger partial charge in [0.25, 0.3) is 0 Å². The Morgan fingerprint density at radius 2 is 2.15 bits per heavy atom. The zero-order valence-electron chi connectivity index (χ0n) is 10.9. The Labute approximate surface area is 120 Å². The van der Waals surface area contributed by atoms with Crippen molar-refractivity contribution in [2.45, 2.75) is 17.6 Å². The second kappa shape index (κ2) is 5.42. The average molecular weight is 287 g/mol. The van der Waals surface area contributed by atoms with Crippen LogP contribution in [0.2, 0.25) is 0 Å². The Morgan fingerprint density at radius 3 is 2.95 bits per heavy atom. The highest BCUT2D eigenvalue weighted by molar-refractivity contribution is 7.98. The van der Waals surface area contributed by atoms with Gasteiger partial charge < -0.3 is 14.7 Å². The van der Waals surface area contributed by atoms with Gasteiger partial charge in [0, 0.05) is 10.6 Å². The number of hydrogen-bond donors (Lipinski definition) is 1. The van der Waals surface area contributed by atoms with E-state index in [1.807, 2.05) is 25.1 Å². The van der Waals surface area contributed by atoms with Gasteiger partial charge in [-0.2, -0.15) is 4.98 Å². The highest BCUT2D eigenvalue weighted by atomic mass is 32.2. The molecule has 0 unspecified atom stereocenters. The van der Waals surface area contributed by atoms with Crippen LogP contribution in [0.4, 0.5) is 5.69 Å². The van der Waals surface area contributed by atoms with Crippen LogP contribution in [0.5, 0.6) is 0 Å². The summed E-state index contributed by atoms with van der Waals surface area (Å²) in [5.41, 5.74) is 7.89. The van der Waals surface area contributed by atoms with Gasteiger partial charge in [-0.3, -0.25) is 0 Å². The van der Waals surface area contributed by atoms with Gasteiger partial charge in [0.2, 0.25) is 11.7 Å². The maximum atomic E-state index is 6.03. The minimum atomic E-state index is 0.461. The number of thioether (sulfide) groups is 1. The van der Waals surface area contributed by atoms with Crippen LogP contribution in [0.1, 0.15) is 11.5 Å². The quantitative estimate of drug-likeness (QED) is 0.584. The van der Waals surface area contributed by atoms with Crippen molar-refractivity contribution in [1.82, 2.24) is 10.1 Å². The lowest BCUT2D eigenvalue weighted by Gasteiger charge is -2.05. The molecule has 0 fully saturated rings. The summed E-state index contributed by atoms with van der Waals surface area (Å²) >= 11 is 1.57. The molecule has 3 rings (SSSR count). The topological polar surface area (TPSA) is 78.1 Å². The summed E-state index contributed by atoms with van der Waals surface area (Å²) in [5, 5.41) is 3.89. The molecule has 0 saturated carbocycles. The van der Waals surface area contributed by atoms with Crippen LogP contribution < -0.4 is 5.73 Å². The van der Waals surface area contributed by atoms with Crippen molar-refractivity contribution in [1.29, 1.82) is 0 Å². The number of nitrogen functional groups attached to an aromatic ring is 1. The number of rotatable bonds is 4.